The number of carbonyl (C=O) groups excluding carboxylic acids is 2. The molecule has 1 aromatic rings. The molecule has 1 aromatic carbocycles. The van der Waals surface area contributed by atoms with Gasteiger partial charge in [-0.1, -0.05) is 44.2 Å². The number of amides is 2. The van der Waals surface area contributed by atoms with Crippen LogP contribution in [0.3, 0.4) is 0 Å². The van der Waals surface area contributed by atoms with E-state index in [2.05, 4.69) is 10.6 Å². The molecule has 1 heterocycles. The van der Waals surface area contributed by atoms with Crippen LogP contribution in [-0.4, -0.2) is 42.9 Å². The molecule has 128 valence electrons. The maximum Gasteiger partial charge on any atom is 0.249 e. The SMILES string of the molecule is CC(C)CC(=O)NC(C(=O)N1CCNCC1)c1ccccc1.Cl. The van der Waals surface area contributed by atoms with Crippen LogP contribution in [0.15, 0.2) is 30.3 Å². The third kappa shape index (κ3) is 5.84. The number of carbonyl (C=O) groups is 2. The van der Waals surface area contributed by atoms with Gasteiger partial charge in [-0.2, -0.15) is 0 Å². The van der Waals surface area contributed by atoms with Crippen LogP contribution in [0, 0.1) is 5.92 Å². The minimum Gasteiger partial charge on any atom is -0.341 e. The summed E-state index contributed by atoms with van der Waals surface area (Å²) >= 11 is 0. The largest absolute Gasteiger partial charge is 0.341 e. The number of benzene rings is 1. The first kappa shape index (κ1) is 19.5. The predicted molar refractivity (Wildman–Crippen MR) is 93.5 cm³/mol. The Labute approximate surface area is 144 Å². The third-order valence-electron chi connectivity index (χ3n) is 3.71. The summed E-state index contributed by atoms with van der Waals surface area (Å²) in [7, 11) is 0. The van der Waals surface area contributed by atoms with Gasteiger partial charge in [-0.25, -0.2) is 0 Å². The van der Waals surface area contributed by atoms with Gasteiger partial charge >= 0.3 is 0 Å². The highest BCUT2D eigenvalue weighted by molar-refractivity contribution is 5.88. The van der Waals surface area contributed by atoms with Crippen LogP contribution in [-0.2, 0) is 9.59 Å². The molecular formula is C17H26ClN3O2. The Hall–Kier alpha value is -1.59. The maximum absolute atomic E-state index is 12.8. The van der Waals surface area contributed by atoms with Crippen molar-refractivity contribution in [1.82, 2.24) is 15.5 Å². The average molecular weight is 340 g/mol. The number of rotatable bonds is 5. The number of piperazine rings is 1. The molecule has 0 radical (unpaired) electrons. The van der Waals surface area contributed by atoms with Gasteiger partial charge in [0.25, 0.3) is 0 Å². The molecule has 23 heavy (non-hydrogen) atoms. The summed E-state index contributed by atoms with van der Waals surface area (Å²) in [6.45, 7) is 6.95. The molecule has 1 saturated heterocycles. The first-order valence-electron chi connectivity index (χ1n) is 7.91. The lowest BCUT2D eigenvalue weighted by Gasteiger charge is -2.31. The molecule has 0 bridgehead atoms. The molecule has 0 aliphatic carbocycles. The molecule has 2 amide bonds. The monoisotopic (exact) mass is 339 g/mol. The van der Waals surface area contributed by atoms with Gasteiger partial charge in [0.2, 0.25) is 11.8 Å². The van der Waals surface area contributed by atoms with Crippen LogP contribution in [0.1, 0.15) is 31.9 Å². The van der Waals surface area contributed by atoms with Crippen LogP contribution in [0.2, 0.25) is 0 Å². The molecule has 2 rings (SSSR count). The van der Waals surface area contributed by atoms with E-state index in [1.807, 2.05) is 49.1 Å². The summed E-state index contributed by atoms with van der Waals surface area (Å²) < 4.78 is 0. The molecule has 0 saturated carbocycles. The molecule has 6 heteroatoms. The van der Waals surface area contributed by atoms with Crippen LogP contribution in [0.5, 0.6) is 0 Å². The van der Waals surface area contributed by atoms with Crippen LogP contribution in [0.4, 0.5) is 0 Å². The quantitative estimate of drug-likeness (QED) is 0.859. The number of hydrogen-bond donors (Lipinski definition) is 2. The molecule has 1 unspecified atom stereocenters. The minimum absolute atomic E-state index is 0. The van der Waals surface area contributed by atoms with Gasteiger partial charge in [0.05, 0.1) is 0 Å². The fourth-order valence-electron chi connectivity index (χ4n) is 2.59. The lowest BCUT2D eigenvalue weighted by Crippen LogP contribution is -2.50. The van der Waals surface area contributed by atoms with E-state index in [0.29, 0.717) is 19.5 Å². The Morgan fingerprint density at radius 1 is 1.17 bits per heavy atom. The van der Waals surface area contributed by atoms with Gasteiger partial charge in [0.15, 0.2) is 0 Å². The Morgan fingerprint density at radius 2 is 1.78 bits per heavy atom. The number of hydrogen-bond acceptors (Lipinski definition) is 3. The molecular weight excluding hydrogens is 314 g/mol. The molecule has 1 aliphatic heterocycles. The van der Waals surface area contributed by atoms with Gasteiger partial charge in [-0.05, 0) is 11.5 Å². The van der Waals surface area contributed by atoms with Crippen LogP contribution in [0.25, 0.3) is 0 Å². The van der Waals surface area contributed by atoms with E-state index < -0.39 is 6.04 Å². The van der Waals surface area contributed by atoms with Gasteiger partial charge in [-0.3, -0.25) is 9.59 Å². The second-order valence-electron chi connectivity index (χ2n) is 6.08. The summed E-state index contributed by atoms with van der Waals surface area (Å²) in [6.07, 6.45) is 0.429. The molecule has 1 aliphatic rings. The van der Waals surface area contributed by atoms with Crippen molar-refractivity contribution in [3.63, 3.8) is 0 Å². The zero-order valence-electron chi connectivity index (χ0n) is 13.7. The standard InChI is InChI=1S/C17H25N3O2.ClH/c1-13(2)12-15(21)19-16(14-6-4-3-5-7-14)17(22)20-10-8-18-9-11-20;/h3-7,13,16,18H,8-12H2,1-2H3,(H,19,21);1H. The fraction of sp³-hybridized carbons (Fsp3) is 0.529. The van der Waals surface area contributed by atoms with E-state index in [-0.39, 0.29) is 30.1 Å². The van der Waals surface area contributed by atoms with E-state index in [1.54, 1.807) is 0 Å². The highest BCUT2D eigenvalue weighted by Gasteiger charge is 2.28. The number of nitrogens with one attached hydrogen (secondary N) is 2. The summed E-state index contributed by atoms with van der Waals surface area (Å²) in [4.78, 5) is 26.8. The summed E-state index contributed by atoms with van der Waals surface area (Å²) in [5, 5.41) is 6.15. The molecule has 0 aromatic heterocycles. The topological polar surface area (TPSA) is 61.4 Å². The van der Waals surface area contributed by atoms with Crippen molar-refractivity contribution in [1.29, 1.82) is 0 Å². The van der Waals surface area contributed by atoms with E-state index in [1.165, 1.54) is 0 Å². The van der Waals surface area contributed by atoms with Crippen molar-refractivity contribution in [2.24, 2.45) is 5.92 Å². The van der Waals surface area contributed by atoms with Gasteiger partial charge in [0.1, 0.15) is 6.04 Å². The molecule has 1 fully saturated rings. The highest BCUT2D eigenvalue weighted by Crippen LogP contribution is 2.17. The van der Waals surface area contributed by atoms with E-state index in [4.69, 9.17) is 0 Å². The summed E-state index contributed by atoms with van der Waals surface area (Å²) in [6, 6.07) is 8.88. The van der Waals surface area contributed by atoms with E-state index in [0.717, 1.165) is 18.7 Å². The van der Waals surface area contributed by atoms with E-state index in [9.17, 15) is 9.59 Å². The molecule has 0 spiro atoms. The molecule has 1 atom stereocenters. The van der Waals surface area contributed by atoms with E-state index >= 15 is 0 Å². The average Bonchev–Trinajstić information content (AvgIpc) is 2.53. The Balaban J connectivity index is 0.00000264. The number of nitrogens with zero attached hydrogens (tertiary/aromatic N) is 1. The van der Waals surface area contributed by atoms with Crippen molar-refractivity contribution in [2.75, 3.05) is 26.2 Å². The van der Waals surface area contributed by atoms with Crippen LogP contribution >= 0.6 is 12.4 Å². The lowest BCUT2D eigenvalue weighted by molar-refractivity contribution is -0.137. The molecule has 5 nitrogen and oxygen atoms in total. The second-order valence-corrected chi connectivity index (χ2v) is 6.08. The van der Waals surface area contributed by atoms with Crippen LogP contribution < -0.4 is 10.6 Å². The summed E-state index contributed by atoms with van der Waals surface area (Å²) in [5.41, 5.74) is 0.836. The highest BCUT2D eigenvalue weighted by atomic mass is 35.5. The first-order chi connectivity index (χ1) is 10.6. The Bertz CT molecular complexity index is 502. The van der Waals surface area contributed by atoms with Crippen molar-refractivity contribution in [3.05, 3.63) is 35.9 Å². The lowest BCUT2D eigenvalue weighted by atomic mass is 10.0. The zero-order chi connectivity index (χ0) is 15.9. The van der Waals surface area contributed by atoms with Crippen molar-refractivity contribution in [3.8, 4) is 0 Å². The Kier molecular flexibility index (Phi) is 8.06. The molecule has 2 N–H and O–H groups in total. The van der Waals surface area contributed by atoms with Crippen molar-refractivity contribution >= 4 is 24.2 Å². The summed E-state index contributed by atoms with van der Waals surface area (Å²) in [5.74, 6) is 0.169. The normalized spacial score (nSPS) is 15.7. The predicted octanol–water partition coefficient (Wildman–Crippen LogP) is 1.74. The minimum atomic E-state index is -0.592. The van der Waals surface area contributed by atoms with Crippen molar-refractivity contribution < 1.29 is 9.59 Å². The van der Waals surface area contributed by atoms with Crippen molar-refractivity contribution in [2.45, 2.75) is 26.3 Å². The Morgan fingerprint density at radius 3 is 2.35 bits per heavy atom. The second kappa shape index (κ2) is 9.53. The van der Waals surface area contributed by atoms with Gasteiger partial charge in [0, 0.05) is 32.6 Å². The van der Waals surface area contributed by atoms with Gasteiger partial charge < -0.3 is 15.5 Å². The van der Waals surface area contributed by atoms with Gasteiger partial charge in [-0.15, -0.1) is 12.4 Å². The smallest absolute Gasteiger partial charge is 0.249 e. The fourth-order valence-corrected chi connectivity index (χ4v) is 2.59. The first-order valence-corrected chi connectivity index (χ1v) is 7.91. The maximum atomic E-state index is 12.8. The number of halogens is 1. The zero-order valence-corrected chi connectivity index (χ0v) is 14.6. The third-order valence-corrected chi connectivity index (χ3v) is 3.71.